The fourth-order valence-corrected chi connectivity index (χ4v) is 4.60. The number of aromatic amines is 1. The van der Waals surface area contributed by atoms with Crippen LogP contribution in [0.2, 0.25) is 0 Å². The van der Waals surface area contributed by atoms with Gasteiger partial charge in [-0.3, -0.25) is 14.4 Å². The second kappa shape index (κ2) is 9.87. The average molecular weight is 458 g/mol. The molecule has 1 saturated heterocycles. The van der Waals surface area contributed by atoms with E-state index in [9.17, 15) is 19.5 Å². The van der Waals surface area contributed by atoms with Crippen LogP contribution in [0.1, 0.15) is 41.3 Å². The van der Waals surface area contributed by atoms with E-state index in [2.05, 4.69) is 4.98 Å². The minimum Gasteiger partial charge on any atom is -0.481 e. The fraction of sp³-hybridized carbons (Fsp3) is 0.259. The highest BCUT2D eigenvalue weighted by Crippen LogP contribution is 2.29. The van der Waals surface area contributed by atoms with E-state index < -0.39 is 17.9 Å². The van der Waals surface area contributed by atoms with Gasteiger partial charge in [-0.25, -0.2) is 0 Å². The molecule has 174 valence electrons. The predicted octanol–water partition coefficient (Wildman–Crippen LogP) is 3.98. The molecule has 0 radical (unpaired) electrons. The molecule has 1 fully saturated rings. The third kappa shape index (κ3) is 4.98. The van der Waals surface area contributed by atoms with Crippen LogP contribution in [-0.2, 0) is 11.2 Å². The molecule has 2 aromatic carbocycles. The first-order valence-electron chi connectivity index (χ1n) is 11.3. The SMILES string of the molecule is CC(=N)c1cccc(CC(C(=O)O)C2CCCN2C(=O)c2ccc(-c3ccc(=O)[nH]c3)cc2)c1. The molecule has 1 aliphatic rings. The van der Waals surface area contributed by atoms with Crippen molar-refractivity contribution in [2.45, 2.75) is 32.2 Å². The summed E-state index contributed by atoms with van der Waals surface area (Å²) in [6.07, 6.45) is 3.33. The molecular weight excluding hydrogens is 430 g/mol. The van der Waals surface area contributed by atoms with Crippen LogP contribution in [0.15, 0.2) is 71.7 Å². The second-order valence-electron chi connectivity index (χ2n) is 8.70. The summed E-state index contributed by atoms with van der Waals surface area (Å²) in [5.74, 6) is -1.82. The first-order chi connectivity index (χ1) is 16.3. The van der Waals surface area contributed by atoms with Crippen molar-refractivity contribution in [3.05, 3.63) is 93.9 Å². The maximum atomic E-state index is 13.3. The highest BCUT2D eigenvalue weighted by molar-refractivity contribution is 5.96. The van der Waals surface area contributed by atoms with Gasteiger partial charge in [0.1, 0.15) is 0 Å². The number of aromatic nitrogens is 1. The molecule has 7 nitrogen and oxygen atoms in total. The number of pyridine rings is 1. The van der Waals surface area contributed by atoms with Gasteiger partial charge in [-0.05, 0) is 72.7 Å². The normalized spacial score (nSPS) is 16.3. The predicted molar refractivity (Wildman–Crippen MR) is 130 cm³/mol. The number of hydrogen-bond donors (Lipinski definition) is 3. The molecule has 1 aliphatic heterocycles. The van der Waals surface area contributed by atoms with Crippen LogP contribution >= 0.6 is 0 Å². The molecule has 2 atom stereocenters. The summed E-state index contributed by atoms with van der Waals surface area (Å²) < 4.78 is 0. The lowest BCUT2D eigenvalue weighted by atomic mass is 9.89. The molecule has 34 heavy (non-hydrogen) atoms. The number of carbonyl (C=O) groups excluding carboxylic acids is 1. The lowest BCUT2D eigenvalue weighted by molar-refractivity contribution is -0.143. The summed E-state index contributed by atoms with van der Waals surface area (Å²) in [5.41, 5.74) is 4.08. The Bertz CT molecular complexity index is 1260. The van der Waals surface area contributed by atoms with Crippen molar-refractivity contribution < 1.29 is 14.7 Å². The smallest absolute Gasteiger partial charge is 0.308 e. The van der Waals surface area contributed by atoms with Crippen LogP contribution in [0.4, 0.5) is 0 Å². The van der Waals surface area contributed by atoms with Gasteiger partial charge in [0.25, 0.3) is 5.91 Å². The fourth-order valence-electron chi connectivity index (χ4n) is 4.60. The Morgan fingerprint density at radius 3 is 2.47 bits per heavy atom. The summed E-state index contributed by atoms with van der Waals surface area (Å²) in [5, 5.41) is 17.9. The summed E-state index contributed by atoms with van der Waals surface area (Å²) in [4.78, 5) is 41.2. The number of carbonyl (C=O) groups is 2. The summed E-state index contributed by atoms with van der Waals surface area (Å²) in [6, 6.07) is 17.3. The highest BCUT2D eigenvalue weighted by Gasteiger charge is 2.38. The lowest BCUT2D eigenvalue weighted by Gasteiger charge is -2.30. The highest BCUT2D eigenvalue weighted by atomic mass is 16.4. The van der Waals surface area contributed by atoms with Crippen molar-refractivity contribution in [2.75, 3.05) is 6.54 Å². The van der Waals surface area contributed by atoms with Gasteiger partial charge in [0.2, 0.25) is 5.56 Å². The van der Waals surface area contributed by atoms with Crippen LogP contribution in [0, 0.1) is 11.3 Å². The number of nitrogens with zero attached hydrogens (tertiary/aromatic N) is 1. The molecule has 0 bridgehead atoms. The first kappa shape index (κ1) is 23.2. The Morgan fingerprint density at radius 1 is 1.09 bits per heavy atom. The topological polar surface area (TPSA) is 114 Å². The molecular formula is C27H27N3O4. The number of carboxylic acids is 1. The number of amides is 1. The van der Waals surface area contributed by atoms with Crippen molar-refractivity contribution >= 4 is 17.6 Å². The maximum Gasteiger partial charge on any atom is 0.308 e. The van der Waals surface area contributed by atoms with Crippen molar-refractivity contribution in [2.24, 2.45) is 5.92 Å². The zero-order chi connectivity index (χ0) is 24.2. The minimum atomic E-state index is -0.921. The Morgan fingerprint density at radius 2 is 1.82 bits per heavy atom. The van der Waals surface area contributed by atoms with Gasteiger partial charge in [0.15, 0.2) is 0 Å². The van der Waals surface area contributed by atoms with Gasteiger partial charge in [0.05, 0.1) is 5.92 Å². The third-order valence-electron chi connectivity index (χ3n) is 6.41. The minimum absolute atomic E-state index is 0.175. The van der Waals surface area contributed by atoms with Crippen molar-refractivity contribution in [3.63, 3.8) is 0 Å². The zero-order valence-electron chi connectivity index (χ0n) is 19.0. The number of carboxylic acid groups (broad SMARTS) is 1. The second-order valence-corrected chi connectivity index (χ2v) is 8.70. The quantitative estimate of drug-likeness (QED) is 0.466. The van der Waals surface area contributed by atoms with E-state index in [1.807, 2.05) is 36.4 Å². The molecule has 3 aromatic rings. The maximum absolute atomic E-state index is 13.3. The zero-order valence-corrected chi connectivity index (χ0v) is 19.0. The number of likely N-dealkylation sites (tertiary alicyclic amines) is 1. The van der Waals surface area contributed by atoms with E-state index in [1.54, 1.807) is 36.2 Å². The van der Waals surface area contributed by atoms with Gasteiger partial charge in [-0.2, -0.15) is 0 Å². The van der Waals surface area contributed by atoms with Gasteiger partial charge >= 0.3 is 5.97 Å². The van der Waals surface area contributed by atoms with Crippen LogP contribution in [0.5, 0.6) is 0 Å². The van der Waals surface area contributed by atoms with Gasteiger partial charge < -0.3 is 20.4 Å². The van der Waals surface area contributed by atoms with Crippen LogP contribution in [0.3, 0.4) is 0 Å². The molecule has 0 spiro atoms. The first-order valence-corrected chi connectivity index (χ1v) is 11.3. The molecule has 4 rings (SSSR count). The monoisotopic (exact) mass is 457 g/mol. The van der Waals surface area contributed by atoms with E-state index in [1.165, 1.54) is 6.07 Å². The van der Waals surface area contributed by atoms with Crippen molar-refractivity contribution in [3.8, 4) is 11.1 Å². The van der Waals surface area contributed by atoms with Crippen LogP contribution < -0.4 is 5.56 Å². The van der Waals surface area contributed by atoms with Crippen molar-refractivity contribution in [1.82, 2.24) is 9.88 Å². The number of rotatable bonds is 7. The van der Waals surface area contributed by atoms with Crippen molar-refractivity contribution in [1.29, 1.82) is 5.41 Å². The average Bonchev–Trinajstić information content (AvgIpc) is 3.32. The molecule has 0 saturated carbocycles. The van der Waals surface area contributed by atoms with Crippen LogP contribution in [0.25, 0.3) is 11.1 Å². The lowest BCUT2D eigenvalue weighted by Crippen LogP contribution is -2.43. The molecule has 1 amide bonds. The number of nitrogens with one attached hydrogen (secondary N) is 2. The Hall–Kier alpha value is -4.00. The third-order valence-corrected chi connectivity index (χ3v) is 6.41. The summed E-state index contributed by atoms with van der Waals surface area (Å²) >= 11 is 0. The summed E-state index contributed by atoms with van der Waals surface area (Å²) in [6.45, 7) is 2.22. The Kier molecular flexibility index (Phi) is 6.72. The molecule has 3 N–H and O–H groups in total. The number of H-pyrrole nitrogens is 1. The number of hydrogen-bond acceptors (Lipinski definition) is 4. The van der Waals surface area contributed by atoms with E-state index in [4.69, 9.17) is 5.41 Å². The van der Waals surface area contributed by atoms with E-state index in [0.717, 1.165) is 28.7 Å². The molecule has 7 heteroatoms. The largest absolute Gasteiger partial charge is 0.481 e. The molecule has 1 aromatic heterocycles. The van der Waals surface area contributed by atoms with Gasteiger partial charge in [-0.15, -0.1) is 0 Å². The molecule has 2 unspecified atom stereocenters. The standard InChI is InChI=1S/C27H27N3O4/c1-17(28)21-5-2-4-18(14-21)15-23(27(33)34)24-6-3-13-30(24)26(32)20-9-7-19(8-10-20)22-11-12-25(31)29-16-22/h2,4-5,7-12,14,16,23-24,28H,3,6,13,15H2,1H3,(H,29,31)(H,33,34). The van der Waals surface area contributed by atoms with E-state index in [0.29, 0.717) is 30.7 Å². The van der Waals surface area contributed by atoms with Gasteiger partial charge in [0, 0.05) is 36.1 Å². The molecule has 0 aliphatic carbocycles. The Balaban J connectivity index is 1.54. The summed E-state index contributed by atoms with van der Waals surface area (Å²) in [7, 11) is 0. The van der Waals surface area contributed by atoms with E-state index in [-0.39, 0.29) is 11.5 Å². The Labute approximate surface area is 197 Å². The number of aliphatic carboxylic acids is 1. The van der Waals surface area contributed by atoms with E-state index >= 15 is 0 Å². The molecule has 2 heterocycles. The van der Waals surface area contributed by atoms with Gasteiger partial charge in [-0.1, -0.05) is 30.3 Å². The van der Waals surface area contributed by atoms with Crippen LogP contribution in [-0.4, -0.2) is 45.2 Å². The number of benzene rings is 2.